The summed E-state index contributed by atoms with van der Waals surface area (Å²) in [5.74, 6) is 0. The maximum atomic E-state index is 13.2. The molecular formula is C24H15ClF3N. The fourth-order valence-electron chi connectivity index (χ4n) is 3.73. The number of rotatable bonds is 1. The van der Waals surface area contributed by atoms with Crippen molar-refractivity contribution in [1.82, 2.24) is 4.98 Å². The largest absolute Gasteiger partial charge is 0.416 e. The zero-order chi connectivity index (χ0) is 19.3. The highest BCUT2D eigenvalue weighted by Gasteiger charge is 2.30. The lowest BCUT2D eigenvalue weighted by Gasteiger charge is -2.13. The molecule has 0 aliphatic carbocycles. The summed E-state index contributed by atoms with van der Waals surface area (Å²) in [5, 5.41) is 3.11. The van der Waals surface area contributed by atoms with E-state index in [-0.39, 0.29) is 12.4 Å². The summed E-state index contributed by atoms with van der Waals surface area (Å²) in [4.78, 5) is 4.76. The van der Waals surface area contributed by atoms with Crippen LogP contribution in [0.3, 0.4) is 0 Å². The Kier molecular flexibility index (Phi) is 4.67. The molecule has 0 bridgehead atoms. The highest BCUT2D eigenvalue weighted by Crippen LogP contribution is 2.38. The first-order chi connectivity index (χ1) is 13.5. The van der Waals surface area contributed by atoms with E-state index < -0.39 is 11.7 Å². The first kappa shape index (κ1) is 19.2. The third kappa shape index (κ3) is 3.30. The molecule has 4 aromatic carbocycles. The van der Waals surface area contributed by atoms with E-state index in [2.05, 4.69) is 0 Å². The Morgan fingerprint density at radius 2 is 1.34 bits per heavy atom. The Balaban J connectivity index is 0.00000205. The van der Waals surface area contributed by atoms with E-state index in [0.29, 0.717) is 5.39 Å². The molecule has 5 aromatic rings. The van der Waals surface area contributed by atoms with Crippen molar-refractivity contribution in [2.75, 3.05) is 0 Å². The molecule has 0 amide bonds. The van der Waals surface area contributed by atoms with E-state index in [0.717, 1.165) is 44.4 Å². The van der Waals surface area contributed by atoms with Gasteiger partial charge in [0, 0.05) is 16.3 Å². The first-order valence-corrected chi connectivity index (χ1v) is 8.89. The average Bonchev–Trinajstić information content (AvgIpc) is 2.70. The van der Waals surface area contributed by atoms with E-state index >= 15 is 0 Å². The van der Waals surface area contributed by atoms with Crippen LogP contribution in [0.1, 0.15) is 5.56 Å². The van der Waals surface area contributed by atoms with Crippen molar-refractivity contribution in [3.05, 3.63) is 90.5 Å². The SMILES string of the molecule is Cl.FC(F)(F)c1ccc2cc3nc4ccccc4c(-c4ccccc4)c3cc2c1. The van der Waals surface area contributed by atoms with Crippen LogP contribution >= 0.6 is 12.4 Å². The van der Waals surface area contributed by atoms with Crippen molar-refractivity contribution >= 4 is 45.0 Å². The molecule has 1 nitrogen and oxygen atoms in total. The molecule has 5 rings (SSSR count). The van der Waals surface area contributed by atoms with Crippen molar-refractivity contribution in [3.8, 4) is 11.1 Å². The molecule has 0 saturated heterocycles. The number of hydrogen-bond acceptors (Lipinski definition) is 1. The number of para-hydroxylation sites is 1. The minimum atomic E-state index is -4.37. The van der Waals surface area contributed by atoms with Crippen molar-refractivity contribution in [3.63, 3.8) is 0 Å². The molecule has 5 heteroatoms. The Labute approximate surface area is 171 Å². The molecule has 0 spiro atoms. The monoisotopic (exact) mass is 409 g/mol. The lowest BCUT2D eigenvalue weighted by Crippen LogP contribution is -2.04. The molecule has 0 atom stereocenters. The molecular weight excluding hydrogens is 395 g/mol. The molecule has 0 unspecified atom stereocenters. The second-order valence-corrected chi connectivity index (χ2v) is 6.80. The topological polar surface area (TPSA) is 12.9 Å². The lowest BCUT2D eigenvalue weighted by atomic mass is 9.94. The Morgan fingerprint density at radius 3 is 2.10 bits per heavy atom. The van der Waals surface area contributed by atoms with Gasteiger partial charge in [-0.3, -0.25) is 0 Å². The van der Waals surface area contributed by atoms with Crippen LogP contribution in [0.25, 0.3) is 43.7 Å². The number of aromatic nitrogens is 1. The number of hydrogen-bond donors (Lipinski definition) is 0. The van der Waals surface area contributed by atoms with Gasteiger partial charge in [0.25, 0.3) is 0 Å². The fraction of sp³-hybridized carbons (Fsp3) is 0.0417. The molecule has 0 aliphatic rings. The van der Waals surface area contributed by atoms with Gasteiger partial charge in [0.05, 0.1) is 16.6 Å². The second-order valence-electron chi connectivity index (χ2n) is 6.80. The van der Waals surface area contributed by atoms with Gasteiger partial charge < -0.3 is 0 Å². The van der Waals surface area contributed by atoms with Crippen molar-refractivity contribution < 1.29 is 13.2 Å². The van der Waals surface area contributed by atoms with Crippen molar-refractivity contribution in [2.24, 2.45) is 0 Å². The predicted octanol–water partition coefficient (Wildman–Crippen LogP) is 7.65. The number of halogens is 4. The van der Waals surface area contributed by atoms with Crippen LogP contribution in [-0.4, -0.2) is 4.98 Å². The normalized spacial score (nSPS) is 11.7. The van der Waals surface area contributed by atoms with E-state index in [1.54, 1.807) is 0 Å². The number of alkyl halides is 3. The van der Waals surface area contributed by atoms with E-state index in [9.17, 15) is 13.2 Å². The molecule has 29 heavy (non-hydrogen) atoms. The molecule has 1 heterocycles. The van der Waals surface area contributed by atoms with Gasteiger partial charge in [0.1, 0.15) is 0 Å². The Bertz CT molecular complexity index is 1340. The van der Waals surface area contributed by atoms with Gasteiger partial charge >= 0.3 is 6.18 Å². The summed E-state index contributed by atoms with van der Waals surface area (Å²) in [6.45, 7) is 0. The first-order valence-electron chi connectivity index (χ1n) is 8.89. The summed E-state index contributed by atoms with van der Waals surface area (Å²) >= 11 is 0. The van der Waals surface area contributed by atoms with Crippen LogP contribution in [0.5, 0.6) is 0 Å². The van der Waals surface area contributed by atoms with Crippen LogP contribution in [0.15, 0.2) is 84.9 Å². The zero-order valence-electron chi connectivity index (χ0n) is 15.1. The van der Waals surface area contributed by atoms with E-state index in [1.165, 1.54) is 12.1 Å². The van der Waals surface area contributed by atoms with Crippen molar-refractivity contribution in [1.29, 1.82) is 0 Å². The number of pyridine rings is 1. The number of fused-ring (bicyclic) bond motifs is 3. The molecule has 0 fully saturated rings. The van der Waals surface area contributed by atoms with Gasteiger partial charge in [-0.1, -0.05) is 54.6 Å². The Morgan fingerprint density at radius 1 is 0.621 bits per heavy atom. The summed E-state index contributed by atoms with van der Waals surface area (Å²) in [6.07, 6.45) is -4.37. The third-order valence-corrected chi connectivity index (χ3v) is 5.03. The highest BCUT2D eigenvalue weighted by molar-refractivity contribution is 6.12. The zero-order valence-corrected chi connectivity index (χ0v) is 15.9. The van der Waals surface area contributed by atoms with E-state index in [1.807, 2.05) is 66.7 Å². The summed E-state index contributed by atoms with van der Waals surface area (Å²) in [6, 6.07) is 25.2. The van der Waals surface area contributed by atoms with Gasteiger partial charge in [0.15, 0.2) is 0 Å². The van der Waals surface area contributed by atoms with Gasteiger partial charge in [0.2, 0.25) is 0 Å². The summed E-state index contributed by atoms with van der Waals surface area (Å²) in [5.41, 5.74) is 2.98. The maximum absolute atomic E-state index is 13.2. The lowest BCUT2D eigenvalue weighted by molar-refractivity contribution is -0.137. The van der Waals surface area contributed by atoms with Gasteiger partial charge in [-0.15, -0.1) is 12.4 Å². The van der Waals surface area contributed by atoms with Crippen LogP contribution in [-0.2, 0) is 6.18 Å². The van der Waals surface area contributed by atoms with Crippen LogP contribution in [0.2, 0.25) is 0 Å². The maximum Gasteiger partial charge on any atom is 0.416 e. The quantitative estimate of drug-likeness (QED) is 0.259. The number of nitrogens with zero attached hydrogens (tertiary/aromatic N) is 1. The molecule has 0 radical (unpaired) electrons. The average molecular weight is 410 g/mol. The fourth-order valence-corrected chi connectivity index (χ4v) is 3.73. The van der Waals surface area contributed by atoms with Gasteiger partial charge in [-0.2, -0.15) is 13.2 Å². The second kappa shape index (κ2) is 7.05. The number of benzene rings is 4. The molecule has 0 N–H and O–H groups in total. The minimum absolute atomic E-state index is 0. The standard InChI is InChI=1S/C24H14F3N.ClH/c25-24(26,27)18-11-10-16-14-22-20(13-17(16)12-18)23(15-6-2-1-3-7-15)19-8-4-5-9-21(19)28-22;/h1-14H;1H. The Hall–Kier alpha value is -3.11. The molecule has 0 saturated carbocycles. The third-order valence-electron chi connectivity index (χ3n) is 5.03. The van der Waals surface area contributed by atoms with Crippen LogP contribution in [0.4, 0.5) is 13.2 Å². The van der Waals surface area contributed by atoms with Gasteiger partial charge in [-0.05, 0) is 46.7 Å². The van der Waals surface area contributed by atoms with Crippen molar-refractivity contribution in [2.45, 2.75) is 6.18 Å². The molecule has 144 valence electrons. The highest BCUT2D eigenvalue weighted by atomic mass is 35.5. The van der Waals surface area contributed by atoms with E-state index in [4.69, 9.17) is 4.98 Å². The van der Waals surface area contributed by atoms with Crippen LogP contribution in [0, 0.1) is 0 Å². The summed E-state index contributed by atoms with van der Waals surface area (Å²) in [7, 11) is 0. The molecule has 0 aliphatic heterocycles. The van der Waals surface area contributed by atoms with Gasteiger partial charge in [-0.25, -0.2) is 4.98 Å². The smallest absolute Gasteiger partial charge is 0.248 e. The van der Waals surface area contributed by atoms with Crippen LogP contribution < -0.4 is 0 Å². The minimum Gasteiger partial charge on any atom is -0.248 e. The predicted molar refractivity (Wildman–Crippen MR) is 114 cm³/mol. The summed E-state index contributed by atoms with van der Waals surface area (Å²) < 4.78 is 39.5. The molecule has 1 aromatic heterocycles.